The van der Waals surface area contributed by atoms with E-state index in [1.807, 2.05) is 35.4 Å². The number of hydrogen-bond donors (Lipinski definition) is 1. The fourth-order valence-corrected chi connectivity index (χ4v) is 5.00. The zero-order chi connectivity index (χ0) is 21.3. The van der Waals surface area contributed by atoms with Gasteiger partial charge in [0.2, 0.25) is 5.89 Å². The van der Waals surface area contributed by atoms with E-state index < -0.39 is 0 Å². The van der Waals surface area contributed by atoms with E-state index in [4.69, 9.17) is 14.0 Å². The van der Waals surface area contributed by atoms with Gasteiger partial charge >= 0.3 is 0 Å². The zero-order valence-corrected chi connectivity index (χ0v) is 17.8. The number of ether oxygens (including phenoxy) is 2. The molecule has 0 saturated carbocycles. The highest BCUT2D eigenvalue weighted by atomic mass is 16.5. The minimum atomic E-state index is -0.157. The number of rotatable bonds is 5. The molecule has 2 saturated heterocycles. The molecule has 1 atom stereocenters. The number of carbonyl (C=O) groups is 1. The monoisotopic (exact) mass is 424 g/mol. The number of piperidine rings is 1. The number of benzene rings is 1. The van der Waals surface area contributed by atoms with E-state index in [9.17, 15) is 4.79 Å². The lowest BCUT2D eigenvalue weighted by Crippen LogP contribution is -2.51. The van der Waals surface area contributed by atoms with E-state index >= 15 is 0 Å². The number of likely N-dealkylation sites (tertiary alicyclic amines) is 1. The van der Waals surface area contributed by atoms with Crippen LogP contribution in [0.1, 0.15) is 47.8 Å². The molecule has 2 aliphatic rings. The topological polar surface area (TPSA) is 93.5 Å². The first kappa shape index (κ1) is 20.2. The number of para-hydroxylation sites is 1. The third kappa shape index (κ3) is 4.09. The van der Waals surface area contributed by atoms with Crippen LogP contribution in [0.25, 0.3) is 10.9 Å². The Morgan fingerprint density at radius 3 is 3.00 bits per heavy atom. The molecule has 1 amide bonds. The smallest absolute Gasteiger partial charge is 0.256 e. The molecule has 2 aliphatic heterocycles. The highest BCUT2D eigenvalue weighted by Crippen LogP contribution is 2.39. The maximum absolute atomic E-state index is 13.1. The molecule has 8 heteroatoms. The van der Waals surface area contributed by atoms with Crippen LogP contribution in [-0.2, 0) is 22.5 Å². The van der Waals surface area contributed by atoms with Crippen LogP contribution in [0.4, 0.5) is 0 Å². The van der Waals surface area contributed by atoms with E-state index in [2.05, 4.69) is 15.1 Å². The lowest BCUT2D eigenvalue weighted by atomic mass is 9.78. The van der Waals surface area contributed by atoms with E-state index in [0.717, 1.165) is 55.2 Å². The number of carbonyl (C=O) groups excluding carboxylic acids is 1. The standard InChI is InChI=1S/C23H28N4O4/c1-29-15-20-25-21(31-26-20)12-16-6-11-30-23(13-16)7-9-27(10-8-23)22(28)18-14-24-19-5-3-2-4-17(18)19/h2-5,14,16,24H,6-13,15H2,1H3. The average molecular weight is 425 g/mol. The van der Waals surface area contributed by atoms with Crippen LogP contribution in [0.5, 0.6) is 0 Å². The van der Waals surface area contributed by atoms with E-state index in [1.165, 1.54) is 0 Å². The van der Waals surface area contributed by atoms with Crippen molar-refractivity contribution in [3.05, 3.63) is 47.7 Å². The molecule has 31 heavy (non-hydrogen) atoms. The van der Waals surface area contributed by atoms with Crippen molar-refractivity contribution < 1.29 is 18.8 Å². The van der Waals surface area contributed by atoms with Crippen LogP contribution < -0.4 is 0 Å². The van der Waals surface area contributed by atoms with Crippen LogP contribution in [0.3, 0.4) is 0 Å². The average Bonchev–Trinajstić information content (AvgIpc) is 3.41. The van der Waals surface area contributed by atoms with Crippen molar-refractivity contribution in [3.63, 3.8) is 0 Å². The first-order valence-electron chi connectivity index (χ1n) is 11.0. The van der Waals surface area contributed by atoms with Gasteiger partial charge in [-0.3, -0.25) is 4.79 Å². The maximum atomic E-state index is 13.1. The van der Waals surface area contributed by atoms with Gasteiger partial charge < -0.3 is 23.9 Å². The Labute approximate surface area is 180 Å². The number of nitrogens with zero attached hydrogens (tertiary/aromatic N) is 3. The van der Waals surface area contributed by atoms with Crippen LogP contribution in [0.15, 0.2) is 35.0 Å². The Morgan fingerprint density at radius 1 is 1.32 bits per heavy atom. The van der Waals surface area contributed by atoms with E-state index in [-0.39, 0.29) is 11.5 Å². The van der Waals surface area contributed by atoms with Gasteiger partial charge in [-0.2, -0.15) is 4.98 Å². The number of fused-ring (bicyclic) bond motifs is 1. The van der Waals surface area contributed by atoms with Crippen molar-refractivity contribution in [2.45, 2.75) is 44.3 Å². The Balaban J connectivity index is 1.21. The molecule has 2 aromatic heterocycles. The molecular formula is C23H28N4O4. The molecule has 0 radical (unpaired) electrons. The predicted molar refractivity (Wildman–Crippen MR) is 114 cm³/mol. The van der Waals surface area contributed by atoms with Crippen LogP contribution >= 0.6 is 0 Å². The third-order valence-corrected chi connectivity index (χ3v) is 6.62. The molecule has 3 aromatic rings. The molecule has 164 valence electrons. The van der Waals surface area contributed by atoms with E-state index in [0.29, 0.717) is 37.3 Å². The first-order chi connectivity index (χ1) is 15.2. The first-order valence-corrected chi connectivity index (χ1v) is 11.0. The minimum Gasteiger partial charge on any atom is -0.377 e. The van der Waals surface area contributed by atoms with Gasteiger partial charge in [-0.25, -0.2) is 0 Å². The number of amides is 1. The molecule has 0 bridgehead atoms. The fourth-order valence-electron chi connectivity index (χ4n) is 5.00. The summed E-state index contributed by atoms with van der Waals surface area (Å²) in [5, 5.41) is 4.94. The molecule has 1 N–H and O–H groups in total. The second-order valence-corrected chi connectivity index (χ2v) is 8.67. The van der Waals surface area contributed by atoms with Crippen LogP contribution in [-0.4, -0.2) is 58.3 Å². The molecule has 1 aromatic carbocycles. The molecule has 5 rings (SSSR count). The maximum Gasteiger partial charge on any atom is 0.256 e. The number of hydrogen-bond acceptors (Lipinski definition) is 6. The minimum absolute atomic E-state index is 0.0937. The third-order valence-electron chi connectivity index (χ3n) is 6.62. The second-order valence-electron chi connectivity index (χ2n) is 8.67. The Kier molecular flexibility index (Phi) is 5.50. The van der Waals surface area contributed by atoms with Gasteiger partial charge in [-0.15, -0.1) is 0 Å². The van der Waals surface area contributed by atoms with E-state index in [1.54, 1.807) is 7.11 Å². The quantitative estimate of drug-likeness (QED) is 0.675. The SMILES string of the molecule is COCc1noc(CC2CCOC3(CCN(C(=O)c4c[nH]c5ccccc45)CC3)C2)n1. The summed E-state index contributed by atoms with van der Waals surface area (Å²) in [5.41, 5.74) is 1.58. The summed E-state index contributed by atoms with van der Waals surface area (Å²) in [4.78, 5) is 22.7. The van der Waals surface area contributed by atoms with Gasteiger partial charge in [0, 0.05) is 50.3 Å². The Bertz CT molecular complexity index is 1050. The van der Waals surface area contributed by atoms with Gasteiger partial charge in [0.25, 0.3) is 5.91 Å². The highest BCUT2D eigenvalue weighted by molar-refractivity contribution is 6.06. The lowest BCUT2D eigenvalue weighted by Gasteiger charge is -2.46. The lowest BCUT2D eigenvalue weighted by molar-refractivity contribution is -0.123. The second kappa shape index (κ2) is 8.43. The normalized spacial score (nSPS) is 21.1. The summed E-state index contributed by atoms with van der Waals surface area (Å²) in [7, 11) is 1.62. The zero-order valence-electron chi connectivity index (χ0n) is 17.8. The number of aromatic nitrogens is 3. The summed E-state index contributed by atoms with van der Waals surface area (Å²) in [5.74, 6) is 1.79. The fraction of sp³-hybridized carbons (Fsp3) is 0.522. The Hall–Kier alpha value is -2.71. The van der Waals surface area contributed by atoms with Crippen LogP contribution in [0, 0.1) is 5.92 Å². The van der Waals surface area contributed by atoms with Gasteiger partial charge in [-0.1, -0.05) is 23.4 Å². The Morgan fingerprint density at radius 2 is 2.16 bits per heavy atom. The molecule has 4 heterocycles. The molecule has 8 nitrogen and oxygen atoms in total. The van der Waals surface area contributed by atoms with Gasteiger partial charge in [-0.05, 0) is 37.7 Å². The molecule has 1 unspecified atom stereocenters. The van der Waals surface area contributed by atoms with Gasteiger partial charge in [0.1, 0.15) is 6.61 Å². The van der Waals surface area contributed by atoms with Gasteiger partial charge in [0.05, 0.1) is 11.2 Å². The molecule has 0 aliphatic carbocycles. The van der Waals surface area contributed by atoms with Crippen molar-refractivity contribution in [1.82, 2.24) is 20.0 Å². The highest BCUT2D eigenvalue weighted by Gasteiger charge is 2.41. The number of aromatic amines is 1. The van der Waals surface area contributed by atoms with Crippen molar-refractivity contribution in [2.75, 3.05) is 26.8 Å². The molecular weight excluding hydrogens is 396 g/mol. The van der Waals surface area contributed by atoms with Crippen molar-refractivity contribution in [1.29, 1.82) is 0 Å². The summed E-state index contributed by atoms with van der Waals surface area (Å²) in [6.07, 6.45) is 6.26. The number of H-pyrrole nitrogens is 1. The van der Waals surface area contributed by atoms with Crippen molar-refractivity contribution >= 4 is 16.8 Å². The molecule has 2 fully saturated rings. The summed E-state index contributed by atoms with van der Waals surface area (Å²) in [6, 6.07) is 7.93. The van der Waals surface area contributed by atoms with Crippen LogP contribution in [0.2, 0.25) is 0 Å². The largest absolute Gasteiger partial charge is 0.377 e. The van der Waals surface area contributed by atoms with Gasteiger partial charge in [0.15, 0.2) is 5.82 Å². The number of methoxy groups -OCH3 is 1. The summed E-state index contributed by atoms with van der Waals surface area (Å²) in [6.45, 7) is 2.52. The summed E-state index contributed by atoms with van der Waals surface area (Å²) < 4.78 is 16.7. The summed E-state index contributed by atoms with van der Waals surface area (Å²) >= 11 is 0. The molecule has 1 spiro atoms. The van der Waals surface area contributed by atoms with Crippen molar-refractivity contribution in [2.24, 2.45) is 5.92 Å². The predicted octanol–water partition coefficient (Wildman–Crippen LogP) is 3.34. The van der Waals surface area contributed by atoms with Crippen molar-refractivity contribution in [3.8, 4) is 0 Å². The number of nitrogens with one attached hydrogen (secondary N) is 1.